The van der Waals surface area contributed by atoms with Crippen LogP contribution in [0.1, 0.15) is 25.0 Å². The van der Waals surface area contributed by atoms with Gasteiger partial charge < -0.3 is 18.9 Å². The summed E-state index contributed by atoms with van der Waals surface area (Å²) in [7, 11) is 0. The second kappa shape index (κ2) is 12.6. The molecule has 0 saturated carbocycles. The molecule has 1 saturated heterocycles. The van der Waals surface area contributed by atoms with Crippen molar-refractivity contribution >= 4 is 40.3 Å². The molecule has 33 heavy (non-hydrogen) atoms. The standard InChI is InChI=1S/C25H29NO5S2/c1-4-26-24(27)23(33-25(26)32)17-19-9-10-21(22(16-19)29-5-2)31-14-12-28-11-13-30-20-8-6-7-18(3)15-20/h6-10,15-17H,4-5,11-14H2,1-3H3/b23-17+. The Bertz CT molecular complexity index is 1010. The van der Waals surface area contributed by atoms with Crippen molar-refractivity contribution in [3.05, 3.63) is 58.5 Å². The minimum absolute atomic E-state index is 0.0608. The lowest BCUT2D eigenvalue weighted by Crippen LogP contribution is -2.27. The molecule has 1 aliphatic heterocycles. The van der Waals surface area contributed by atoms with Crippen LogP contribution in [0.3, 0.4) is 0 Å². The molecular weight excluding hydrogens is 458 g/mol. The van der Waals surface area contributed by atoms with Gasteiger partial charge in [-0.05, 0) is 62.2 Å². The van der Waals surface area contributed by atoms with Gasteiger partial charge in [0.25, 0.3) is 5.91 Å². The second-order valence-corrected chi connectivity index (χ2v) is 8.87. The first-order valence-corrected chi connectivity index (χ1v) is 12.2. The molecule has 0 radical (unpaired) electrons. The van der Waals surface area contributed by atoms with Crippen molar-refractivity contribution in [1.82, 2.24) is 4.90 Å². The van der Waals surface area contributed by atoms with Gasteiger partial charge in [0.05, 0.1) is 24.7 Å². The summed E-state index contributed by atoms with van der Waals surface area (Å²) in [5.41, 5.74) is 2.01. The molecule has 0 unspecified atom stereocenters. The first-order valence-electron chi connectivity index (χ1n) is 10.9. The van der Waals surface area contributed by atoms with Crippen LogP contribution in [0.25, 0.3) is 6.08 Å². The fourth-order valence-electron chi connectivity index (χ4n) is 3.16. The molecule has 0 atom stereocenters. The SMILES string of the molecule is CCOc1cc(/C=C2/SC(=S)N(CC)C2=O)ccc1OCCOCCOc1cccc(C)c1. The summed E-state index contributed by atoms with van der Waals surface area (Å²) in [5, 5.41) is 0. The van der Waals surface area contributed by atoms with E-state index in [1.807, 2.05) is 69.3 Å². The molecule has 2 aromatic carbocycles. The summed E-state index contributed by atoms with van der Waals surface area (Å²) in [6, 6.07) is 13.5. The Morgan fingerprint density at radius 2 is 1.76 bits per heavy atom. The van der Waals surface area contributed by atoms with E-state index < -0.39 is 0 Å². The molecule has 6 nitrogen and oxygen atoms in total. The summed E-state index contributed by atoms with van der Waals surface area (Å²) < 4.78 is 23.5. The summed E-state index contributed by atoms with van der Waals surface area (Å²) in [6.07, 6.45) is 1.83. The maximum Gasteiger partial charge on any atom is 0.266 e. The third-order valence-electron chi connectivity index (χ3n) is 4.73. The van der Waals surface area contributed by atoms with E-state index in [0.29, 0.717) is 60.3 Å². The number of nitrogens with zero attached hydrogens (tertiary/aromatic N) is 1. The first-order chi connectivity index (χ1) is 16.0. The van der Waals surface area contributed by atoms with Crippen LogP contribution in [0, 0.1) is 6.92 Å². The number of carbonyl (C=O) groups excluding carboxylic acids is 1. The third kappa shape index (κ3) is 7.22. The Balaban J connectivity index is 1.48. The Kier molecular flexibility index (Phi) is 9.60. The van der Waals surface area contributed by atoms with Gasteiger partial charge >= 0.3 is 0 Å². The van der Waals surface area contributed by atoms with Crippen molar-refractivity contribution < 1.29 is 23.7 Å². The molecule has 2 aromatic rings. The molecule has 1 amide bonds. The van der Waals surface area contributed by atoms with E-state index in [-0.39, 0.29) is 5.91 Å². The highest BCUT2D eigenvalue weighted by molar-refractivity contribution is 8.26. The number of hydrogen-bond acceptors (Lipinski definition) is 7. The van der Waals surface area contributed by atoms with Gasteiger partial charge in [0, 0.05) is 6.54 Å². The topological polar surface area (TPSA) is 57.2 Å². The van der Waals surface area contributed by atoms with Gasteiger partial charge in [-0.3, -0.25) is 9.69 Å². The predicted molar refractivity (Wildman–Crippen MR) is 136 cm³/mol. The van der Waals surface area contributed by atoms with Crippen LogP contribution < -0.4 is 14.2 Å². The van der Waals surface area contributed by atoms with Crippen molar-refractivity contribution in [2.24, 2.45) is 0 Å². The minimum Gasteiger partial charge on any atom is -0.491 e. The highest BCUT2D eigenvalue weighted by Crippen LogP contribution is 2.34. The van der Waals surface area contributed by atoms with Gasteiger partial charge in [-0.25, -0.2) is 0 Å². The highest BCUT2D eigenvalue weighted by atomic mass is 32.2. The normalized spacial score (nSPS) is 14.8. The Labute approximate surface area is 204 Å². The van der Waals surface area contributed by atoms with Gasteiger partial charge in [0.2, 0.25) is 0 Å². The number of thioether (sulfide) groups is 1. The number of benzene rings is 2. The molecule has 176 valence electrons. The van der Waals surface area contributed by atoms with Crippen molar-refractivity contribution in [2.45, 2.75) is 20.8 Å². The van der Waals surface area contributed by atoms with Crippen molar-refractivity contribution in [3.8, 4) is 17.2 Å². The lowest BCUT2D eigenvalue weighted by Gasteiger charge is -2.13. The maximum atomic E-state index is 12.4. The fourth-order valence-corrected chi connectivity index (χ4v) is 4.55. The minimum atomic E-state index is -0.0608. The number of hydrogen-bond donors (Lipinski definition) is 0. The molecule has 3 rings (SSSR count). The van der Waals surface area contributed by atoms with Crippen molar-refractivity contribution in [1.29, 1.82) is 0 Å². The van der Waals surface area contributed by atoms with Crippen molar-refractivity contribution in [2.75, 3.05) is 39.6 Å². The average Bonchev–Trinajstić information content (AvgIpc) is 3.06. The molecule has 0 bridgehead atoms. The maximum absolute atomic E-state index is 12.4. The fraction of sp³-hybridized carbons (Fsp3) is 0.360. The molecule has 8 heteroatoms. The monoisotopic (exact) mass is 487 g/mol. The predicted octanol–water partition coefficient (Wildman–Crippen LogP) is 5.09. The molecule has 0 aliphatic carbocycles. The zero-order valence-corrected chi connectivity index (χ0v) is 20.8. The van der Waals surface area contributed by atoms with E-state index in [9.17, 15) is 4.79 Å². The lowest BCUT2D eigenvalue weighted by atomic mass is 10.2. The summed E-state index contributed by atoms with van der Waals surface area (Å²) in [4.78, 5) is 14.7. The third-order valence-corrected chi connectivity index (χ3v) is 6.10. The smallest absolute Gasteiger partial charge is 0.266 e. The molecular formula is C25H29NO5S2. The Morgan fingerprint density at radius 3 is 2.45 bits per heavy atom. The van der Waals surface area contributed by atoms with E-state index in [1.54, 1.807) is 4.90 Å². The molecule has 0 aromatic heterocycles. The van der Waals surface area contributed by atoms with Crippen LogP contribution in [0.4, 0.5) is 0 Å². The van der Waals surface area contributed by atoms with Gasteiger partial charge in [-0.15, -0.1) is 0 Å². The number of rotatable bonds is 12. The number of thiocarbonyl (C=S) groups is 1. The number of aryl methyl sites for hydroxylation is 1. The van der Waals surface area contributed by atoms with Crippen LogP contribution in [0.2, 0.25) is 0 Å². The summed E-state index contributed by atoms with van der Waals surface area (Å²) in [5.74, 6) is 2.04. The largest absolute Gasteiger partial charge is 0.491 e. The molecule has 0 N–H and O–H groups in total. The first kappa shape index (κ1) is 25.1. The summed E-state index contributed by atoms with van der Waals surface area (Å²) in [6.45, 7) is 8.71. The zero-order chi connectivity index (χ0) is 23.6. The van der Waals surface area contributed by atoms with E-state index >= 15 is 0 Å². The highest BCUT2D eigenvalue weighted by Gasteiger charge is 2.30. The Morgan fingerprint density at radius 1 is 0.970 bits per heavy atom. The zero-order valence-electron chi connectivity index (χ0n) is 19.2. The van der Waals surface area contributed by atoms with Crippen LogP contribution in [-0.4, -0.2) is 54.7 Å². The van der Waals surface area contributed by atoms with Gasteiger partial charge in [-0.2, -0.15) is 0 Å². The number of amides is 1. The van der Waals surface area contributed by atoms with Gasteiger partial charge in [-0.1, -0.05) is 42.2 Å². The van der Waals surface area contributed by atoms with Gasteiger partial charge in [0.15, 0.2) is 11.5 Å². The van der Waals surface area contributed by atoms with E-state index in [0.717, 1.165) is 16.9 Å². The average molecular weight is 488 g/mol. The van der Waals surface area contributed by atoms with E-state index in [4.69, 9.17) is 31.2 Å². The molecule has 1 fully saturated rings. The molecule has 0 spiro atoms. The number of ether oxygens (including phenoxy) is 4. The molecule has 1 aliphatic rings. The Hall–Kier alpha value is -2.55. The summed E-state index contributed by atoms with van der Waals surface area (Å²) >= 11 is 6.59. The van der Waals surface area contributed by atoms with Gasteiger partial charge in [0.1, 0.15) is 23.3 Å². The second-order valence-electron chi connectivity index (χ2n) is 7.19. The van der Waals surface area contributed by atoms with Crippen molar-refractivity contribution in [3.63, 3.8) is 0 Å². The lowest BCUT2D eigenvalue weighted by molar-refractivity contribution is -0.121. The van der Waals surface area contributed by atoms with E-state index in [2.05, 4.69) is 0 Å². The van der Waals surface area contributed by atoms with Crippen LogP contribution in [0.5, 0.6) is 17.2 Å². The number of carbonyl (C=O) groups is 1. The molecule has 1 heterocycles. The van der Waals surface area contributed by atoms with Crippen LogP contribution in [-0.2, 0) is 9.53 Å². The van der Waals surface area contributed by atoms with Crippen LogP contribution >= 0.6 is 24.0 Å². The number of likely N-dealkylation sites (N-methyl/N-ethyl adjacent to an activating group) is 1. The quantitative estimate of drug-likeness (QED) is 0.235. The van der Waals surface area contributed by atoms with Crippen LogP contribution in [0.15, 0.2) is 47.4 Å². The van der Waals surface area contributed by atoms with E-state index in [1.165, 1.54) is 11.8 Å².